The first-order valence-corrected chi connectivity index (χ1v) is 8.53. The number of methoxy groups -OCH3 is 4. The van der Waals surface area contributed by atoms with Crippen molar-refractivity contribution in [2.24, 2.45) is 0 Å². The predicted molar refractivity (Wildman–Crippen MR) is 59.9 cm³/mol. The van der Waals surface area contributed by atoms with E-state index in [2.05, 4.69) is 13.1 Å². The van der Waals surface area contributed by atoms with E-state index in [1.165, 1.54) is 0 Å². The van der Waals surface area contributed by atoms with Crippen molar-refractivity contribution in [1.29, 1.82) is 0 Å². The fourth-order valence-corrected chi connectivity index (χ4v) is 4.91. The van der Waals surface area contributed by atoms with E-state index in [0.29, 0.717) is 0 Å². The van der Waals surface area contributed by atoms with Crippen LogP contribution in [0.4, 0.5) is 0 Å². The molecule has 0 aromatic rings. The van der Waals surface area contributed by atoms with E-state index in [0.717, 1.165) is 0 Å². The van der Waals surface area contributed by atoms with Crippen LogP contribution in [0.1, 0.15) is 0 Å². The average molecular weight is 252 g/mol. The monoisotopic (exact) mass is 252 g/mol. The van der Waals surface area contributed by atoms with Crippen LogP contribution >= 0.6 is 0 Å². The summed E-state index contributed by atoms with van der Waals surface area (Å²) in [5.74, 6) is -0.778. The molecule has 0 aromatic heterocycles. The van der Waals surface area contributed by atoms with E-state index in [9.17, 15) is 0 Å². The number of hydrogen-bond donors (Lipinski definition) is 0. The molecule has 0 saturated carbocycles. The highest BCUT2D eigenvalue weighted by Crippen LogP contribution is 2.10. The molecule has 15 heavy (non-hydrogen) atoms. The molecule has 0 saturated heterocycles. The minimum Gasteiger partial charge on any atom is -0.449 e. The Labute approximate surface area is 95.1 Å². The van der Waals surface area contributed by atoms with Gasteiger partial charge in [-0.05, 0) is 13.1 Å². The first-order chi connectivity index (χ1) is 7.10. The quantitative estimate of drug-likeness (QED) is 0.467. The first kappa shape index (κ1) is 15.2. The fourth-order valence-electron chi connectivity index (χ4n) is 1.10. The van der Waals surface area contributed by atoms with Crippen molar-refractivity contribution < 1.29 is 23.1 Å². The van der Waals surface area contributed by atoms with Gasteiger partial charge in [0.05, 0.1) is 0 Å². The summed E-state index contributed by atoms with van der Waals surface area (Å²) >= 11 is 0. The Bertz CT molecular complexity index is 138. The van der Waals surface area contributed by atoms with Gasteiger partial charge in [-0.15, -0.1) is 0 Å². The SMILES string of the molecule is COC(OC)[Si](O[Si](C)C)C(OC)OC. The molecule has 0 heterocycles. The topological polar surface area (TPSA) is 46.2 Å². The second-order valence-electron chi connectivity index (χ2n) is 3.02. The maximum absolute atomic E-state index is 5.84. The van der Waals surface area contributed by atoms with Gasteiger partial charge in [-0.25, -0.2) is 0 Å². The molecule has 0 amide bonds. The van der Waals surface area contributed by atoms with Gasteiger partial charge in [0.15, 0.2) is 20.9 Å². The zero-order chi connectivity index (χ0) is 11.8. The zero-order valence-corrected chi connectivity index (χ0v) is 12.2. The minimum atomic E-state index is -1.47. The fraction of sp³-hybridized carbons (Fsp3) is 1.00. The highest BCUT2D eigenvalue weighted by Gasteiger charge is 2.36. The lowest BCUT2D eigenvalue weighted by Gasteiger charge is -2.28. The van der Waals surface area contributed by atoms with E-state index in [1.54, 1.807) is 28.4 Å². The molecule has 0 aliphatic carbocycles. The third-order valence-electron chi connectivity index (χ3n) is 1.64. The van der Waals surface area contributed by atoms with Gasteiger partial charge in [0, 0.05) is 28.4 Å². The van der Waals surface area contributed by atoms with Crippen LogP contribution in [0, 0.1) is 0 Å². The molecule has 0 aliphatic rings. The summed E-state index contributed by atoms with van der Waals surface area (Å²) in [6, 6.07) is 0. The Morgan fingerprint density at radius 2 is 1.07 bits per heavy atom. The lowest BCUT2D eigenvalue weighted by atomic mass is 11.3. The van der Waals surface area contributed by atoms with Crippen molar-refractivity contribution in [3.63, 3.8) is 0 Å². The summed E-state index contributed by atoms with van der Waals surface area (Å²) in [5.41, 5.74) is 0. The lowest BCUT2D eigenvalue weighted by Crippen LogP contribution is -2.50. The van der Waals surface area contributed by atoms with Gasteiger partial charge in [0.25, 0.3) is 0 Å². The molecule has 0 aliphatic heterocycles. The van der Waals surface area contributed by atoms with Gasteiger partial charge in [0.1, 0.15) is 0 Å². The summed E-state index contributed by atoms with van der Waals surface area (Å²) < 4.78 is 26.6. The highest BCUT2D eigenvalue weighted by atomic mass is 28.4. The summed E-state index contributed by atoms with van der Waals surface area (Å²) in [6.07, 6.45) is 0. The van der Waals surface area contributed by atoms with Crippen LogP contribution in [0.3, 0.4) is 0 Å². The molecule has 0 rings (SSSR count). The largest absolute Gasteiger partial charge is 0.449 e. The van der Waals surface area contributed by atoms with Gasteiger partial charge in [-0.1, -0.05) is 0 Å². The Morgan fingerprint density at radius 1 is 0.733 bits per heavy atom. The third-order valence-corrected chi connectivity index (χ3v) is 6.09. The maximum atomic E-state index is 5.84. The number of hydrogen-bond acceptors (Lipinski definition) is 5. The van der Waals surface area contributed by atoms with Crippen LogP contribution in [-0.2, 0) is 23.1 Å². The smallest absolute Gasteiger partial charge is 0.329 e. The molecule has 2 radical (unpaired) electrons. The second-order valence-corrected chi connectivity index (χ2v) is 7.40. The molecule has 0 N–H and O–H groups in total. The van der Waals surface area contributed by atoms with Crippen LogP contribution in [0.2, 0.25) is 13.1 Å². The molecular weight excluding hydrogens is 232 g/mol. The molecule has 90 valence electrons. The number of ether oxygens (including phenoxy) is 4. The second kappa shape index (κ2) is 8.39. The predicted octanol–water partition coefficient (Wildman–Crippen LogP) is 0.562. The summed E-state index contributed by atoms with van der Waals surface area (Å²) in [5, 5.41) is 0. The Morgan fingerprint density at radius 3 is 1.27 bits per heavy atom. The molecule has 0 bridgehead atoms. The van der Waals surface area contributed by atoms with Gasteiger partial charge in [0.2, 0.25) is 0 Å². The average Bonchev–Trinajstić information content (AvgIpc) is 2.20. The van der Waals surface area contributed by atoms with Crippen LogP contribution < -0.4 is 0 Å². The summed E-state index contributed by atoms with van der Waals surface area (Å²) in [6.45, 7) is 4.11. The Kier molecular flexibility index (Phi) is 8.52. The van der Waals surface area contributed by atoms with Crippen molar-refractivity contribution >= 4 is 18.1 Å². The molecule has 5 nitrogen and oxygen atoms in total. The van der Waals surface area contributed by atoms with E-state index in [-0.39, 0.29) is 11.8 Å². The van der Waals surface area contributed by atoms with E-state index in [4.69, 9.17) is 23.1 Å². The van der Waals surface area contributed by atoms with Gasteiger partial charge >= 0.3 is 9.04 Å². The third kappa shape index (κ3) is 5.20. The lowest BCUT2D eigenvalue weighted by molar-refractivity contribution is -0.0942. The first-order valence-electron chi connectivity index (χ1n) is 4.56. The maximum Gasteiger partial charge on any atom is 0.329 e. The standard InChI is InChI=1S/C8H20O5Si2/c1-9-7(10-2)15(13-14(5)6)8(11-3)12-4/h7-8H,1-6H3. The van der Waals surface area contributed by atoms with Crippen LogP contribution in [0.15, 0.2) is 0 Å². The van der Waals surface area contributed by atoms with Crippen molar-refractivity contribution in [2.45, 2.75) is 24.9 Å². The van der Waals surface area contributed by atoms with Crippen molar-refractivity contribution in [3.8, 4) is 0 Å². The van der Waals surface area contributed by atoms with Crippen LogP contribution in [0.5, 0.6) is 0 Å². The molecule has 0 aromatic carbocycles. The van der Waals surface area contributed by atoms with Gasteiger partial charge in [-0.2, -0.15) is 0 Å². The van der Waals surface area contributed by atoms with Gasteiger partial charge in [-0.3, -0.25) is 0 Å². The minimum absolute atomic E-state index is 0.389. The van der Waals surface area contributed by atoms with Crippen LogP contribution in [0.25, 0.3) is 0 Å². The normalized spacial score (nSPS) is 12.4. The highest BCUT2D eigenvalue weighted by molar-refractivity contribution is 6.65. The van der Waals surface area contributed by atoms with Crippen molar-refractivity contribution in [2.75, 3.05) is 28.4 Å². The summed E-state index contributed by atoms with van der Waals surface area (Å²) in [7, 11) is 4.04. The van der Waals surface area contributed by atoms with Crippen LogP contribution in [-0.4, -0.2) is 58.3 Å². The molecular formula is C8H20O5Si2. The zero-order valence-electron chi connectivity index (χ0n) is 10.2. The molecule has 7 heteroatoms. The molecule has 0 unspecified atom stereocenters. The Balaban J connectivity index is 4.52. The van der Waals surface area contributed by atoms with E-state index >= 15 is 0 Å². The molecule has 0 fully saturated rings. The number of rotatable bonds is 8. The molecule has 0 atom stereocenters. The summed E-state index contributed by atoms with van der Waals surface area (Å²) in [4.78, 5) is 0. The van der Waals surface area contributed by atoms with E-state index in [1.807, 2.05) is 0 Å². The van der Waals surface area contributed by atoms with Crippen molar-refractivity contribution in [1.82, 2.24) is 0 Å². The van der Waals surface area contributed by atoms with Crippen molar-refractivity contribution in [3.05, 3.63) is 0 Å². The molecule has 0 spiro atoms. The Hall–Kier alpha value is 0.234. The van der Waals surface area contributed by atoms with Gasteiger partial charge < -0.3 is 23.1 Å². The van der Waals surface area contributed by atoms with E-state index < -0.39 is 18.1 Å².